The van der Waals surface area contributed by atoms with Crippen LogP contribution >= 0.6 is 0 Å². The van der Waals surface area contributed by atoms with Gasteiger partial charge in [-0.15, -0.1) is 0 Å². The van der Waals surface area contributed by atoms with Gasteiger partial charge in [0.1, 0.15) is 5.75 Å². The van der Waals surface area contributed by atoms with Crippen LogP contribution < -0.4 is 0 Å². The average molecular weight is 541 g/mol. The molecule has 1 atom stereocenters. The number of amides is 1. The van der Waals surface area contributed by atoms with Crippen LogP contribution in [0.4, 0.5) is 0 Å². The summed E-state index contributed by atoms with van der Waals surface area (Å²) in [5, 5.41) is 11.0. The number of methoxy groups -OCH3 is 2. The first-order chi connectivity index (χ1) is 18.9. The third-order valence-corrected chi connectivity index (χ3v) is 8.37. The van der Waals surface area contributed by atoms with Crippen molar-refractivity contribution in [2.75, 3.05) is 53.6 Å². The zero-order valence-corrected chi connectivity index (χ0v) is 24.5. The number of benzene rings is 2. The summed E-state index contributed by atoms with van der Waals surface area (Å²) in [5.74, 6) is 0.396. The van der Waals surface area contributed by atoms with Gasteiger partial charge in [0.25, 0.3) is 0 Å². The van der Waals surface area contributed by atoms with Crippen molar-refractivity contribution in [3.8, 4) is 5.75 Å². The number of nitrogens with zero attached hydrogens (tertiary/aromatic N) is 2. The van der Waals surface area contributed by atoms with Crippen molar-refractivity contribution in [2.24, 2.45) is 0 Å². The number of phenolic OH excluding ortho intramolecular Hbond substituents is 1. The van der Waals surface area contributed by atoms with Crippen molar-refractivity contribution in [1.82, 2.24) is 9.80 Å². The summed E-state index contributed by atoms with van der Waals surface area (Å²) in [6.45, 7) is 10.7. The highest BCUT2D eigenvalue weighted by Crippen LogP contribution is 2.45. The Morgan fingerprint density at radius 3 is 2.36 bits per heavy atom. The SMILES string of the molecule is CC[C@@H](C)N(CC(OC)OC)C(=O)CCOCCc1ccc(O)c(C2(c3ccccc3)CCN(CC)CC2)c1. The first-order valence-corrected chi connectivity index (χ1v) is 14.4. The second-order valence-electron chi connectivity index (χ2n) is 10.6. The van der Waals surface area contributed by atoms with E-state index in [1.807, 2.05) is 30.0 Å². The topological polar surface area (TPSA) is 71.5 Å². The minimum atomic E-state index is -0.444. The zero-order chi connectivity index (χ0) is 28.3. The predicted octanol–water partition coefficient (Wildman–Crippen LogP) is 4.99. The standard InChI is InChI=1S/C32H48N2O5/c1-6-25(3)34(24-31(37-4)38-5)30(36)16-22-39-21-15-26-13-14-29(35)28(23-26)32(27-11-9-8-10-12-27)17-19-33(7-2)20-18-32/h8-14,23,25,31,35H,6-7,15-22,24H2,1-5H3/t25-/m1/s1. The van der Waals surface area contributed by atoms with E-state index in [0.29, 0.717) is 31.9 Å². The van der Waals surface area contributed by atoms with Crippen molar-refractivity contribution in [1.29, 1.82) is 0 Å². The van der Waals surface area contributed by atoms with Crippen LogP contribution in [-0.2, 0) is 30.8 Å². The molecule has 1 aliphatic rings. The Kier molecular flexibility index (Phi) is 12.2. The van der Waals surface area contributed by atoms with Crippen LogP contribution in [-0.4, -0.2) is 86.8 Å². The minimum Gasteiger partial charge on any atom is -0.508 e. The molecule has 1 heterocycles. The lowest BCUT2D eigenvalue weighted by Crippen LogP contribution is -2.44. The Balaban J connectivity index is 1.62. The van der Waals surface area contributed by atoms with Gasteiger partial charge in [0, 0.05) is 31.2 Å². The van der Waals surface area contributed by atoms with Gasteiger partial charge in [-0.3, -0.25) is 4.79 Å². The number of carbonyl (C=O) groups is 1. The first kappa shape index (κ1) is 31.1. The predicted molar refractivity (Wildman–Crippen MR) is 155 cm³/mol. The number of piperidine rings is 1. The maximum absolute atomic E-state index is 12.9. The number of rotatable bonds is 15. The molecule has 0 aromatic heterocycles. The Labute approximate surface area is 235 Å². The van der Waals surface area contributed by atoms with Crippen LogP contribution in [0, 0.1) is 0 Å². The third kappa shape index (κ3) is 8.04. The van der Waals surface area contributed by atoms with E-state index in [1.165, 1.54) is 5.56 Å². The molecular formula is C32H48N2O5. The van der Waals surface area contributed by atoms with Gasteiger partial charge in [0.15, 0.2) is 6.29 Å². The number of ether oxygens (including phenoxy) is 3. The number of likely N-dealkylation sites (tertiary alicyclic amines) is 1. The quantitative estimate of drug-likeness (QED) is 0.254. The molecule has 0 radical (unpaired) electrons. The van der Waals surface area contributed by atoms with Gasteiger partial charge in [-0.25, -0.2) is 0 Å². The maximum atomic E-state index is 12.9. The summed E-state index contributed by atoms with van der Waals surface area (Å²) in [6.07, 6.45) is 3.40. The molecule has 1 fully saturated rings. The van der Waals surface area contributed by atoms with Crippen LogP contribution in [0.3, 0.4) is 0 Å². The highest BCUT2D eigenvalue weighted by Gasteiger charge is 2.39. The summed E-state index contributed by atoms with van der Waals surface area (Å²) < 4.78 is 16.5. The molecule has 1 saturated heterocycles. The highest BCUT2D eigenvalue weighted by atomic mass is 16.7. The van der Waals surface area contributed by atoms with Gasteiger partial charge in [0.2, 0.25) is 5.91 Å². The van der Waals surface area contributed by atoms with Gasteiger partial charge in [-0.05, 0) is 69.4 Å². The van der Waals surface area contributed by atoms with Gasteiger partial charge < -0.3 is 29.1 Å². The van der Waals surface area contributed by atoms with E-state index in [0.717, 1.165) is 56.4 Å². The number of carbonyl (C=O) groups excluding carboxylic acids is 1. The van der Waals surface area contributed by atoms with E-state index in [2.05, 4.69) is 49.1 Å². The van der Waals surface area contributed by atoms with E-state index < -0.39 is 6.29 Å². The summed E-state index contributed by atoms with van der Waals surface area (Å²) >= 11 is 0. The maximum Gasteiger partial charge on any atom is 0.225 e. The Bertz CT molecular complexity index is 1000. The second-order valence-corrected chi connectivity index (χ2v) is 10.6. The molecule has 0 saturated carbocycles. The molecule has 7 nitrogen and oxygen atoms in total. The largest absolute Gasteiger partial charge is 0.508 e. The third-order valence-electron chi connectivity index (χ3n) is 8.37. The van der Waals surface area contributed by atoms with Crippen molar-refractivity contribution < 1.29 is 24.1 Å². The van der Waals surface area contributed by atoms with Crippen LogP contribution in [0.5, 0.6) is 5.75 Å². The molecule has 2 aromatic carbocycles. The minimum absolute atomic E-state index is 0.0404. The Morgan fingerprint density at radius 2 is 1.74 bits per heavy atom. The molecule has 0 unspecified atom stereocenters. The van der Waals surface area contributed by atoms with Crippen molar-refractivity contribution >= 4 is 5.91 Å². The number of aromatic hydroxyl groups is 1. The van der Waals surface area contributed by atoms with Crippen molar-refractivity contribution in [3.05, 3.63) is 65.2 Å². The fourth-order valence-corrected chi connectivity index (χ4v) is 5.59. The normalized spacial score (nSPS) is 16.4. The van der Waals surface area contributed by atoms with Gasteiger partial charge >= 0.3 is 0 Å². The Hall–Kier alpha value is -2.45. The summed E-state index contributed by atoms with van der Waals surface area (Å²) in [6, 6.07) is 16.7. The van der Waals surface area contributed by atoms with E-state index >= 15 is 0 Å². The number of hydrogen-bond donors (Lipinski definition) is 1. The highest BCUT2D eigenvalue weighted by molar-refractivity contribution is 5.76. The molecule has 2 aromatic rings. The monoisotopic (exact) mass is 540 g/mol. The molecule has 1 N–H and O–H groups in total. The lowest BCUT2D eigenvalue weighted by atomic mass is 9.67. The molecule has 0 bridgehead atoms. The van der Waals surface area contributed by atoms with E-state index in [4.69, 9.17) is 14.2 Å². The molecule has 216 valence electrons. The van der Waals surface area contributed by atoms with E-state index in [1.54, 1.807) is 14.2 Å². The van der Waals surface area contributed by atoms with Crippen LogP contribution in [0.15, 0.2) is 48.5 Å². The fraction of sp³-hybridized carbons (Fsp3) is 0.594. The lowest BCUT2D eigenvalue weighted by Gasteiger charge is -2.43. The first-order valence-electron chi connectivity index (χ1n) is 14.4. The van der Waals surface area contributed by atoms with Gasteiger partial charge in [-0.1, -0.05) is 56.3 Å². The molecule has 39 heavy (non-hydrogen) atoms. The Morgan fingerprint density at radius 1 is 1.05 bits per heavy atom. The molecule has 0 spiro atoms. The molecular weight excluding hydrogens is 492 g/mol. The zero-order valence-electron chi connectivity index (χ0n) is 24.5. The number of hydrogen-bond acceptors (Lipinski definition) is 6. The fourth-order valence-electron chi connectivity index (χ4n) is 5.59. The van der Waals surface area contributed by atoms with Crippen molar-refractivity contribution in [2.45, 2.75) is 70.6 Å². The smallest absolute Gasteiger partial charge is 0.225 e. The molecule has 0 aliphatic carbocycles. The number of phenols is 1. The summed E-state index contributed by atoms with van der Waals surface area (Å²) in [4.78, 5) is 17.2. The van der Waals surface area contributed by atoms with E-state index in [9.17, 15) is 9.90 Å². The molecule has 7 heteroatoms. The molecule has 1 aliphatic heterocycles. The van der Waals surface area contributed by atoms with E-state index in [-0.39, 0.29) is 17.4 Å². The van der Waals surface area contributed by atoms with Gasteiger partial charge in [0.05, 0.1) is 26.2 Å². The van der Waals surface area contributed by atoms with Crippen molar-refractivity contribution in [3.63, 3.8) is 0 Å². The molecule has 1 amide bonds. The summed E-state index contributed by atoms with van der Waals surface area (Å²) in [7, 11) is 3.17. The average Bonchev–Trinajstić information content (AvgIpc) is 2.98. The van der Waals surface area contributed by atoms with Gasteiger partial charge in [-0.2, -0.15) is 0 Å². The van der Waals surface area contributed by atoms with Crippen LogP contribution in [0.1, 0.15) is 63.1 Å². The lowest BCUT2D eigenvalue weighted by molar-refractivity contribution is -0.149. The second kappa shape index (κ2) is 15.4. The summed E-state index contributed by atoms with van der Waals surface area (Å²) in [5.41, 5.74) is 3.19. The van der Waals surface area contributed by atoms with Crippen LogP contribution in [0.2, 0.25) is 0 Å². The molecule has 3 rings (SSSR count). The van der Waals surface area contributed by atoms with Crippen LogP contribution in [0.25, 0.3) is 0 Å².